The highest BCUT2D eigenvalue weighted by Crippen LogP contribution is 2.46. The van der Waals surface area contributed by atoms with Gasteiger partial charge >= 0.3 is 0 Å². The van der Waals surface area contributed by atoms with Crippen LogP contribution in [-0.2, 0) is 18.4 Å². The molecule has 2 fully saturated rings. The number of benzene rings is 2. The summed E-state index contributed by atoms with van der Waals surface area (Å²) in [5.41, 5.74) is 8.30. The average molecular weight is 469 g/mol. The highest BCUT2D eigenvalue weighted by atomic mass is 16.1. The maximum atomic E-state index is 13.9. The van der Waals surface area contributed by atoms with Crippen LogP contribution < -0.4 is 4.90 Å². The molecule has 182 valence electrons. The number of piperazine rings is 1. The van der Waals surface area contributed by atoms with Gasteiger partial charge in [-0.2, -0.15) is 0 Å². The summed E-state index contributed by atoms with van der Waals surface area (Å²) in [5, 5.41) is 1.01. The van der Waals surface area contributed by atoms with E-state index in [0.29, 0.717) is 6.54 Å². The topological polar surface area (TPSA) is 51.7 Å². The van der Waals surface area contributed by atoms with Crippen molar-refractivity contribution in [3.8, 4) is 0 Å². The SMILES string of the molecule is C=NCc1ccc2c3c([nH]c2c1)C(C)(C)c1cc(N2CCN(C4CCC4)CC2)c(CC)cc1C3=O. The second-order valence-corrected chi connectivity index (χ2v) is 11.1. The lowest BCUT2D eigenvalue weighted by atomic mass is 9.70. The predicted octanol–water partition coefficient (Wildman–Crippen LogP) is 5.48. The Labute approximate surface area is 208 Å². The Morgan fingerprint density at radius 3 is 2.54 bits per heavy atom. The standard InChI is InChI=1S/C30H36N4O/c1-5-20-16-23-24(17-26(20)34-13-11-33(12-14-34)21-7-6-8-21)30(2,3)29-27(28(23)35)22-10-9-19(18-31-4)15-25(22)32-29/h9-10,15-17,21,32H,4-8,11-14,18H2,1-3H3. The Balaban J connectivity index is 1.41. The molecule has 2 aromatic carbocycles. The molecule has 0 amide bonds. The fraction of sp³-hybridized carbons (Fsp3) is 0.467. The Hall–Kier alpha value is -2.92. The molecule has 5 nitrogen and oxygen atoms in total. The minimum atomic E-state index is -0.288. The van der Waals surface area contributed by atoms with E-state index in [0.717, 1.165) is 77.5 Å². The van der Waals surface area contributed by atoms with Crippen LogP contribution in [0.2, 0.25) is 0 Å². The monoisotopic (exact) mass is 468 g/mol. The number of H-pyrrole nitrogens is 1. The van der Waals surface area contributed by atoms with E-state index < -0.39 is 0 Å². The molecule has 1 aromatic heterocycles. The molecule has 2 aliphatic carbocycles. The highest BCUT2D eigenvalue weighted by Gasteiger charge is 2.40. The molecule has 1 aliphatic heterocycles. The van der Waals surface area contributed by atoms with Gasteiger partial charge in [0, 0.05) is 65.5 Å². The molecule has 1 saturated heterocycles. The van der Waals surface area contributed by atoms with Gasteiger partial charge in [0.25, 0.3) is 0 Å². The van der Waals surface area contributed by atoms with Gasteiger partial charge in [0.05, 0.1) is 12.1 Å². The largest absolute Gasteiger partial charge is 0.369 e. The van der Waals surface area contributed by atoms with Crippen LogP contribution in [0.25, 0.3) is 10.9 Å². The minimum absolute atomic E-state index is 0.145. The lowest BCUT2D eigenvalue weighted by molar-refractivity contribution is 0.103. The van der Waals surface area contributed by atoms with Gasteiger partial charge in [-0.1, -0.05) is 39.3 Å². The number of aryl methyl sites for hydroxylation is 1. The van der Waals surface area contributed by atoms with Crippen molar-refractivity contribution in [2.24, 2.45) is 4.99 Å². The summed E-state index contributed by atoms with van der Waals surface area (Å²) in [6.07, 6.45) is 5.06. The molecule has 6 rings (SSSR count). The first kappa shape index (κ1) is 22.5. The van der Waals surface area contributed by atoms with E-state index in [9.17, 15) is 4.79 Å². The fourth-order valence-electron chi connectivity index (χ4n) is 6.44. The fourth-order valence-corrected chi connectivity index (χ4v) is 6.44. The van der Waals surface area contributed by atoms with E-state index in [1.54, 1.807) is 0 Å². The average Bonchev–Trinajstić information content (AvgIpc) is 3.22. The Kier molecular flexibility index (Phi) is 5.37. The number of anilines is 1. The van der Waals surface area contributed by atoms with Gasteiger partial charge in [-0.15, -0.1) is 0 Å². The zero-order valence-electron chi connectivity index (χ0n) is 21.3. The third kappa shape index (κ3) is 3.47. The maximum Gasteiger partial charge on any atom is 0.195 e. The number of carbonyl (C=O) groups excluding carboxylic acids is 1. The minimum Gasteiger partial charge on any atom is -0.369 e. The van der Waals surface area contributed by atoms with Gasteiger partial charge in [-0.05, 0) is 60.9 Å². The second kappa shape index (κ2) is 8.34. The van der Waals surface area contributed by atoms with Crippen molar-refractivity contribution >= 4 is 29.1 Å². The third-order valence-electron chi connectivity index (χ3n) is 8.77. The number of aliphatic imine (C=N–C) groups is 1. The van der Waals surface area contributed by atoms with E-state index >= 15 is 0 Å². The van der Waals surface area contributed by atoms with Crippen LogP contribution in [0.15, 0.2) is 35.3 Å². The predicted molar refractivity (Wildman–Crippen MR) is 144 cm³/mol. The number of carbonyl (C=O) groups is 1. The smallest absolute Gasteiger partial charge is 0.195 e. The van der Waals surface area contributed by atoms with Gasteiger partial charge in [0.1, 0.15) is 0 Å². The van der Waals surface area contributed by atoms with Crippen LogP contribution in [0.3, 0.4) is 0 Å². The van der Waals surface area contributed by atoms with Crippen LogP contribution in [0.1, 0.15) is 78.3 Å². The van der Waals surface area contributed by atoms with E-state index in [1.165, 1.54) is 30.5 Å². The van der Waals surface area contributed by atoms with Gasteiger partial charge in [0.2, 0.25) is 0 Å². The van der Waals surface area contributed by atoms with E-state index in [-0.39, 0.29) is 11.2 Å². The third-order valence-corrected chi connectivity index (χ3v) is 8.77. The van der Waals surface area contributed by atoms with Gasteiger partial charge in [-0.3, -0.25) is 14.7 Å². The molecule has 3 aliphatic rings. The van der Waals surface area contributed by atoms with Crippen molar-refractivity contribution < 1.29 is 4.79 Å². The summed E-state index contributed by atoms with van der Waals surface area (Å²) < 4.78 is 0. The summed E-state index contributed by atoms with van der Waals surface area (Å²) >= 11 is 0. The lowest BCUT2D eigenvalue weighted by Crippen LogP contribution is -2.52. The number of ketones is 1. The van der Waals surface area contributed by atoms with Gasteiger partial charge in [-0.25, -0.2) is 0 Å². The van der Waals surface area contributed by atoms with Gasteiger partial charge < -0.3 is 9.88 Å². The Bertz CT molecular complexity index is 1320. The zero-order chi connectivity index (χ0) is 24.3. The summed E-state index contributed by atoms with van der Waals surface area (Å²) in [6, 6.07) is 11.6. The molecule has 0 radical (unpaired) electrons. The molecule has 3 aromatic rings. The second-order valence-electron chi connectivity index (χ2n) is 11.1. The van der Waals surface area contributed by atoms with Crippen molar-refractivity contribution in [1.82, 2.24) is 9.88 Å². The van der Waals surface area contributed by atoms with Crippen molar-refractivity contribution in [2.45, 2.75) is 64.5 Å². The molecule has 0 unspecified atom stereocenters. The summed E-state index contributed by atoms with van der Waals surface area (Å²) in [6.45, 7) is 15.3. The highest BCUT2D eigenvalue weighted by molar-refractivity contribution is 6.20. The normalized spacial score (nSPS) is 20.0. The number of nitrogens with one attached hydrogen (secondary N) is 1. The molecule has 35 heavy (non-hydrogen) atoms. The number of fused-ring (bicyclic) bond motifs is 4. The van der Waals surface area contributed by atoms with Gasteiger partial charge in [0.15, 0.2) is 5.78 Å². The molecule has 0 spiro atoms. The number of aromatic amines is 1. The van der Waals surface area contributed by atoms with Crippen molar-refractivity contribution in [3.05, 3.63) is 63.8 Å². The number of rotatable bonds is 5. The Morgan fingerprint density at radius 2 is 1.89 bits per heavy atom. The number of hydrogen-bond donors (Lipinski definition) is 1. The molecular formula is C30H36N4O. The van der Waals surface area contributed by atoms with Crippen molar-refractivity contribution in [3.63, 3.8) is 0 Å². The molecule has 0 bridgehead atoms. The van der Waals surface area contributed by atoms with Crippen LogP contribution in [0.4, 0.5) is 5.69 Å². The quantitative estimate of drug-likeness (QED) is 0.505. The van der Waals surface area contributed by atoms with Crippen molar-refractivity contribution in [1.29, 1.82) is 0 Å². The zero-order valence-corrected chi connectivity index (χ0v) is 21.3. The molecule has 5 heteroatoms. The lowest BCUT2D eigenvalue weighted by Gasteiger charge is -2.44. The van der Waals surface area contributed by atoms with Crippen LogP contribution >= 0.6 is 0 Å². The molecule has 0 atom stereocenters. The van der Waals surface area contributed by atoms with E-state index in [2.05, 4.69) is 77.6 Å². The Morgan fingerprint density at radius 1 is 1.11 bits per heavy atom. The van der Waals surface area contributed by atoms with Crippen LogP contribution in [-0.4, -0.2) is 54.6 Å². The van der Waals surface area contributed by atoms with E-state index in [4.69, 9.17) is 0 Å². The summed E-state index contributed by atoms with van der Waals surface area (Å²) in [5.74, 6) is 0.145. The first-order valence-corrected chi connectivity index (χ1v) is 13.2. The summed E-state index contributed by atoms with van der Waals surface area (Å²) in [4.78, 5) is 26.8. The van der Waals surface area contributed by atoms with Crippen LogP contribution in [0, 0.1) is 0 Å². The summed E-state index contributed by atoms with van der Waals surface area (Å²) in [7, 11) is 0. The maximum absolute atomic E-state index is 13.9. The van der Waals surface area contributed by atoms with E-state index in [1.807, 2.05) is 0 Å². The number of hydrogen-bond acceptors (Lipinski definition) is 4. The molecule has 1 N–H and O–H groups in total. The molecule has 2 heterocycles. The first-order chi connectivity index (χ1) is 16.9. The number of nitrogens with zero attached hydrogens (tertiary/aromatic N) is 3. The molecule has 1 saturated carbocycles. The van der Waals surface area contributed by atoms with Crippen molar-refractivity contribution in [2.75, 3.05) is 31.1 Å². The number of aromatic nitrogens is 1. The first-order valence-electron chi connectivity index (χ1n) is 13.2. The van der Waals surface area contributed by atoms with Crippen LogP contribution in [0.5, 0.6) is 0 Å². The molecular weight excluding hydrogens is 432 g/mol.